The Kier molecular flexibility index (Phi) is 8.33. The van der Waals surface area contributed by atoms with Crippen LogP contribution in [0, 0.1) is 5.92 Å². The van der Waals surface area contributed by atoms with Gasteiger partial charge in [0.1, 0.15) is 12.4 Å². The summed E-state index contributed by atoms with van der Waals surface area (Å²) in [5.74, 6) is 0.494. The van der Waals surface area contributed by atoms with Crippen molar-refractivity contribution < 1.29 is 28.5 Å². The fraction of sp³-hybridized carbons (Fsp3) is 0.462. The molecule has 0 atom stereocenters. The van der Waals surface area contributed by atoms with Crippen LogP contribution >= 0.6 is 0 Å². The maximum atomic E-state index is 12.9. The third-order valence-corrected chi connectivity index (χ3v) is 5.98. The lowest BCUT2D eigenvalue weighted by molar-refractivity contribution is -0.150. The zero-order valence-electron chi connectivity index (χ0n) is 18.8. The first-order valence-corrected chi connectivity index (χ1v) is 11.6. The molecule has 0 aromatic heterocycles. The molecule has 1 amide bonds. The van der Waals surface area contributed by atoms with Crippen LogP contribution < -0.4 is 4.74 Å². The summed E-state index contributed by atoms with van der Waals surface area (Å²) in [5.41, 5.74) is 1.65. The van der Waals surface area contributed by atoms with Gasteiger partial charge in [0.05, 0.1) is 25.7 Å². The lowest BCUT2D eigenvalue weighted by atomic mass is 9.96. The van der Waals surface area contributed by atoms with Crippen molar-refractivity contribution >= 4 is 11.9 Å². The second-order valence-corrected chi connectivity index (χ2v) is 8.35. The fourth-order valence-corrected chi connectivity index (χ4v) is 4.04. The number of rotatable bonds is 9. The molecule has 0 spiro atoms. The highest BCUT2D eigenvalue weighted by Crippen LogP contribution is 2.21. The Morgan fingerprint density at radius 2 is 1.64 bits per heavy atom. The lowest BCUT2D eigenvalue weighted by Gasteiger charge is -2.31. The number of benzene rings is 2. The van der Waals surface area contributed by atoms with Gasteiger partial charge in [-0.3, -0.25) is 9.59 Å². The van der Waals surface area contributed by atoms with Crippen molar-refractivity contribution in [2.75, 3.05) is 32.9 Å². The van der Waals surface area contributed by atoms with E-state index in [9.17, 15) is 9.59 Å². The van der Waals surface area contributed by atoms with Gasteiger partial charge < -0.3 is 23.8 Å². The summed E-state index contributed by atoms with van der Waals surface area (Å²) in [6.45, 7) is 3.21. The summed E-state index contributed by atoms with van der Waals surface area (Å²) < 4.78 is 21.9. The van der Waals surface area contributed by atoms with Crippen LogP contribution in [-0.2, 0) is 25.6 Å². The lowest BCUT2D eigenvalue weighted by Crippen LogP contribution is -2.40. The van der Waals surface area contributed by atoms with Crippen molar-refractivity contribution in [3.63, 3.8) is 0 Å². The Bertz CT molecular complexity index is 887. The number of hydrogen-bond donors (Lipinski definition) is 0. The molecule has 2 aliphatic rings. The summed E-state index contributed by atoms with van der Waals surface area (Å²) in [6, 6.07) is 17.2. The van der Waals surface area contributed by atoms with E-state index in [1.165, 1.54) is 0 Å². The van der Waals surface area contributed by atoms with Crippen LogP contribution in [-0.4, -0.2) is 56.0 Å². The van der Waals surface area contributed by atoms with Gasteiger partial charge in [-0.05, 0) is 49.1 Å². The molecule has 176 valence electrons. The number of carbonyl (C=O) groups is 2. The van der Waals surface area contributed by atoms with Gasteiger partial charge in [0, 0.05) is 25.1 Å². The molecular weight excluding hydrogens is 422 g/mol. The molecule has 2 fully saturated rings. The van der Waals surface area contributed by atoms with Gasteiger partial charge in [-0.2, -0.15) is 0 Å². The van der Waals surface area contributed by atoms with Crippen LogP contribution in [0.1, 0.15) is 41.6 Å². The first-order chi connectivity index (χ1) is 16.2. The van der Waals surface area contributed by atoms with Crippen molar-refractivity contribution in [2.24, 2.45) is 5.92 Å². The fourth-order valence-electron chi connectivity index (χ4n) is 4.04. The molecule has 7 nitrogen and oxygen atoms in total. The second kappa shape index (κ2) is 11.8. The van der Waals surface area contributed by atoms with Gasteiger partial charge in [-0.25, -0.2) is 0 Å². The number of para-hydroxylation sites is 1. The Morgan fingerprint density at radius 3 is 2.33 bits per heavy atom. The number of nitrogens with zero attached hydrogens (tertiary/aromatic N) is 1. The number of hydrogen-bond acceptors (Lipinski definition) is 6. The van der Waals surface area contributed by atoms with Crippen LogP contribution in [0.2, 0.25) is 0 Å². The molecule has 2 saturated heterocycles. The molecule has 0 aliphatic carbocycles. The van der Waals surface area contributed by atoms with E-state index in [0.29, 0.717) is 57.9 Å². The largest absolute Gasteiger partial charge is 0.489 e. The molecule has 4 rings (SSSR count). The molecule has 2 aliphatic heterocycles. The van der Waals surface area contributed by atoms with Crippen molar-refractivity contribution in [1.29, 1.82) is 0 Å². The Morgan fingerprint density at radius 1 is 0.939 bits per heavy atom. The average Bonchev–Trinajstić information content (AvgIpc) is 3.39. The average molecular weight is 454 g/mol. The Balaban J connectivity index is 1.16. The number of likely N-dealkylation sites (tertiary alicyclic amines) is 1. The van der Waals surface area contributed by atoms with E-state index in [1.54, 1.807) is 0 Å². The van der Waals surface area contributed by atoms with Crippen LogP contribution in [0.5, 0.6) is 5.75 Å². The first kappa shape index (κ1) is 23.3. The predicted octanol–water partition coefficient (Wildman–Crippen LogP) is 3.81. The second-order valence-electron chi connectivity index (χ2n) is 8.35. The number of piperidine rings is 1. The Labute approximate surface area is 194 Å². The zero-order chi connectivity index (χ0) is 22.9. The van der Waals surface area contributed by atoms with E-state index in [0.717, 1.165) is 24.2 Å². The number of carbonyl (C=O) groups excluding carboxylic acids is 2. The highest BCUT2D eigenvalue weighted by Gasteiger charge is 2.29. The molecular formula is C26H31NO6. The predicted molar refractivity (Wildman–Crippen MR) is 122 cm³/mol. The third kappa shape index (κ3) is 6.79. The summed E-state index contributed by atoms with van der Waals surface area (Å²) in [7, 11) is 0. The molecule has 7 heteroatoms. The van der Waals surface area contributed by atoms with Crippen molar-refractivity contribution in [3.8, 4) is 5.75 Å². The van der Waals surface area contributed by atoms with Gasteiger partial charge >= 0.3 is 5.97 Å². The molecule has 2 aromatic rings. The van der Waals surface area contributed by atoms with Crippen molar-refractivity contribution in [2.45, 2.75) is 38.6 Å². The van der Waals surface area contributed by atoms with Gasteiger partial charge in [0.25, 0.3) is 5.91 Å². The quantitative estimate of drug-likeness (QED) is 0.425. The normalized spacial score (nSPS) is 17.2. The minimum atomic E-state index is -0.168. The highest BCUT2D eigenvalue weighted by atomic mass is 16.7. The van der Waals surface area contributed by atoms with Crippen LogP contribution in [0.15, 0.2) is 54.6 Å². The SMILES string of the molecule is O=C(OCCCC1OCCO1)C1CCN(C(=O)c2ccc(COc3ccccc3)cc2)CC1. The molecule has 0 bridgehead atoms. The number of amides is 1. The zero-order valence-corrected chi connectivity index (χ0v) is 18.8. The van der Waals surface area contributed by atoms with Crippen LogP contribution in [0.25, 0.3) is 0 Å². The van der Waals surface area contributed by atoms with Crippen LogP contribution in [0.4, 0.5) is 0 Å². The van der Waals surface area contributed by atoms with E-state index in [2.05, 4.69) is 0 Å². The summed E-state index contributed by atoms with van der Waals surface area (Å²) in [5, 5.41) is 0. The van der Waals surface area contributed by atoms with E-state index >= 15 is 0 Å². The smallest absolute Gasteiger partial charge is 0.309 e. The molecule has 0 saturated carbocycles. The van der Waals surface area contributed by atoms with Gasteiger partial charge in [-0.1, -0.05) is 30.3 Å². The third-order valence-electron chi connectivity index (χ3n) is 5.98. The molecule has 2 heterocycles. The molecule has 0 N–H and O–H groups in total. The molecule has 0 radical (unpaired) electrons. The maximum Gasteiger partial charge on any atom is 0.309 e. The molecule has 33 heavy (non-hydrogen) atoms. The van der Waals surface area contributed by atoms with E-state index < -0.39 is 0 Å². The van der Waals surface area contributed by atoms with Gasteiger partial charge in [-0.15, -0.1) is 0 Å². The maximum absolute atomic E-state index is 12.9. The number of ether oxygens (including phenoxy) is 4. The van der Waals surface area contributed by atoms with Gasteiger partial charge in [0.15, 0.2) is 6.29 Å². The van der Waals surface area contributed by atoms with Crippen LogP contribution in [0.3, 0.4) is 0 Å². The Hall–Kier alpha value is -2.90. The van der Waals surface area contributed by atoms with E-state index in [-0.39, 0.29) is 24.1 Å². The first-order valence-electron chi connectivity index (χ1n) is 11.6. The topological polar surface area (TPSA) is 74.3 Å². The minimum absolute atomic E-state index is 0.00564. The standard InChI is InChI=1S/C26H31NO6/c28-25(21-10-8-20(9-11-21)19-33-23-5-2-1-3-6-23)27-14-12-22(13-15-27)26(29)32-16-4-7-24-30-17-18-31-24/h1-3,5-6,8-11,22,24H,4,7,12-19H2. The summed E-state index contributed by atoms with van der Waals surface area (Å²) >= 11 is 0. The van der Waals surface area contributed by atoms with E-state index in [1.807, 2.05) is 59.5 Å². The summed E-state index contributed by atoms with van der Waals surface area (Å²) in [6.07, 6.45) is 2.55. The number of esters is 1. The molecule has 2 aromatic carbocycles. The monoisotopic (exact) mass is 453 g/mol. The minimum Gasteiger partial charge on any atom is -0.489 e. The van der Waals surface area contributed by atoms with Gasteiger partial charge in [0.2, 0.25) is 0 Å². The molecule has 0 unspecified atom stereocenters. The highest BCUT2D eigenvalue weighted by molar-refractivity contribution is 5.94. The van der Waals surface area contributed by atoms with E-state index in [4.69, 9.17) is 18.9 Å². The van der Waals surface area contributed by atoms with Crippen molar-refractivity contribution in [3.05, 3.63) is 65.7 Å². The summed E-state index contributed by atoms with van der Waals surface area (Å²) in [4.78, 5) is 27.0. The van der Waals surface area contributed by atoms with Crippen molar-refractivity contribution in [1.82, 2.24) is 4.90 Å².